The van der Waals surface area contributed by atoms with Gasteiger partial charge < -0.3 is 23.7 Å². The molecule has 3 aromatic rings. The van der Waals surface area contributed by atoms with Crippen molar-refractivity contribution >= 4 is 12.2 Å². The SMILES string of the molecule is C=CCn1c(-c2cc(OC)c(OC)c(OC)c2)nn(CN2CCN(Cc3ccc4c(c3)OCO4)CC2)c1=S. The van der Waals surface area contributed by atoms with Gasteiger partial charge in [0.05, 0.1) is 28.0 Å². The predicted octanol–water partition coefficient (Wildman–Crippen LogP) is 3.80. The molecule has 10 nitrogen and oxygen atoms in total. The fourth-order valence-electron chi connectivity index (χ4n) is 4.83. The van der Waals surface area contributed by atoms with Crippen LogP contribution in [0.25, 0.3) is 11.4 Å². The number of methoxy groups -OCH3 is 3. The first-order chi connectivity index (χ1) is 18.5. The Morgan fingerprint density at radius 3 is 2.29 bits per heavy atom. The molecule has 2 aliphatic rings. The van der Waals surface area contributed by atoms with Gasteiger partial charge in [0.2, 0.25) is 12.5 Å². The Bertz CT molecular complexity index is 1340. The summed E-state index contributed by atoms with van der Waals surface area (Å²) in [5.41, 5.74) is 2.04. The number of allylic oxidation sites excluding steroid dienone is 1. The smallest absolute Gasteiger partial charge is 0.231 e. The van der Waals surface area contributed by atoms with Gasteiger partial charge in [0.1, 0.15) is 0 Å². The zero-order chi connectivity index (χ0) is 26.6. The molecule has 5 rings (SSSR count). The summed E-state index contributed by atoms with van der Waals surface area (Å²) in [6, 6.07) is 9.94. The highest BCUT2D eigenvalue weighted by atomic mass is 32.1. The lowest BCUT2D eigenvalue weighted by molar-refractivity contribution is 0.0980. The van der Waals surface area contributed by atoms with Crippen LogP contribution >= 0.6 is 12.2 Å². The highest BCUT2D eigenvalue weighted by molar-refractivity contribution is 7.71. The van der Waals surface area contributed by atoms with E-state index in [1.807, 2.05) is 33.5 Å². The summed E-state index contributed by atoms with van der Waals surface area (Å²) >= 11 is 5.84. The first kappa shape index (κ1) is 26.1. The highest BCUT2D eigenvalue weighted by Crippen LogP contribution is 2.41. The third-order valence-electron chi connectivity index (χ3n) is 6.80. The predicted molar refractivity (Wildman–Crippen MR) is 146 cm³/mol. The first-order valence-corrected chi connectivity index (χ1v) is 12.9. The second-order valence-electron chi connectivity index (χ2n) is 9.14. The van der Waals surface area contributed by atoms with Crippen molar-refractivity contribution < 1.29 is 23.7 Å². The monoisotopic (exact) mass is 539 g/mol. The van der Waals surface area contributed by atoms with Crippen LogP contribution in [0.2, 0.25) is 0 Å². The van der Waals surface area contributed by atoms with E-state index in [-0.39, 0.29) is 0 Å². The Hall–Kier alpha value is -3.54. The number of benzene rings is 2. The summed E-state index contributed by atoms with van der Waals surface area (Å²) in [4.78, 5) is 4.82. The van der Waals surface area contributed by atoms with Crippen LogP contribution in [-0.2, 0) is 19.8 Å². The summed E-state index contributed by atoms with van der Waals surface area (Å²) in [5, 5.41) is 4.91. The maximum Gasteiger partial charge on any atom is 0.231 e. The van der Waals surface area contributed by atoms with E-state index in [1.165, 1.54) is 5.56 Å². The molecule has 0 amide bonds. The number of piperazine rings is 1. The third kappa shape index (κ3) is 5.22. The zero-order valence-corrected chi connectivity index (χ0v) is 22.8. The van der Waals surface area contributed by atoms with Crippen molar-refractivity contribution in [2.24, 2.45) is 0 Å². The third-order valence-corrected chi connectivity index (χ3v) is 7.23. The van der Waals surface area contributed by atoms with Crippen molar-refractivity contribution in [3.63, 3.8) is 0 Å². The van der Waals surface area contributed by atoms with Crippen LogP contribution in [0, 0.1) is 4.77 Å². The maximum absolute atomic E-state index is 5.84. The van der Waals surface area contributed by atoms with E-state index in [9.17, 15) is 0 Å². The van der Waals surface area contributed by atoms with Gasteiger partial charge in [-0.05, 0) is 42.0 Å². The largest absolute Gasteiger partial charge is 0.493 e. The van der Waals surface area contributed by atoms with Crippen LogP contribution in [0.15, 0.2) is 43.0 Å². The van der Waals surface area contributed by atoms with Gasteiger partial charge in [0, 0.05) is 44.8 Å². The number of aromatic nitrogens is 3. The van der Waals surface area contributed by atoms with Crippen LogP contribution in [-0.4, -0.2) is 78.4 Å². The van der Waals surface area contributed by atoms with E-state index < -0.39 is 0 Å². The minimum absolute atomic E-state index is 0.295. The lowest BCUT2D eigenvalue weighted by Gasteiger charge is -2.34. The number of fused-ring (bicyclic) bond motifs is 1. The Kier molecular flexibility index (Phi) is 7.87. The molecule has 2 aliphatic heterocycles. The number of rotatable bonds is 10. The number of hydrogen-bond donors (Lipinski definition) is 0. The van der Waals surface area contributed by atoms with Crippen molar-refractivity contribution in [1.29, 1.82) is 0 Å². The molecule has 0 aliphatic carbocycles. The van der Waals surface area contributed by atoms with Crippen molar-refractivity contribution in [2.75, 3.05) is 54.3 Å². The van der Waals surface area contributed by atoms with Gasteiger partial charge in [-0.15, -0.1) is 6.58 Å². The number of ether oxygens (including phenoxy) is 5. The van der Waals surface area contributed by atoms with Gasteiger partial charge in [0.25, 0.3) is 0 Å². The van der Waals surface area contributed by atoms with Crippen molar-refractivity contribution in [3.8, 4) is 40.1 Å². The Morgan fingerprint density at radius 1 is 0.947 bits per heavy atom. The van der Waals surface area contributed by atoms with Crippen LogP contribution in [0.4, 0.5) is 0 Å². The molecule has 0 N–H and O–H groups in total. The summed E-state index contributed by atoms with van der Waals surface area (Å²) in [5.74, 6) is 4.02. The minimum Gasteiger partial charge on any atom is -0.493 e. The van der Waals surface area contributed by atoms with Gasteiger partial charge >= 0.3 is 0 Å². The van der Waals surface area contributed by atoms with E-state index in [2.05, 4.69) is 28.5 Å². The van der Waals surface area contributed by atoms with Gasteiger partial charge in [-0.3, -0.25) is 14.4 Å². The van der Waals surface area contributed by atoms with E-state index >= 15 is 0 Å². The molecule has 1 fully saturated rings. The zero-order valence-electron chi connectivity index (χ0n) is 22.0. The summed E-state index contributed by atoms with van der Waals surface area (Å²) < 4.78 is 32.0. The van der Waals surface area contributed by atoms with Crippen LogP contribution in [0.1, 0.15) is 5.56 Å². The Morgan fingerprint density at radius 2 is 1.63 bits per heavy atom. The molecule has 0 spiro atoms. The lowest BCUT2D eigenvalue weighted by atomic mass is 10.1. The summed E-state index contributed by atoms with van der Waals surface area (Å²) in [6.45, 7) is 9.97. The standard InChI is InChI=1S/C27H33N5O5S/c1-5-8-31-26(20-14-23(33-2)25(35-4)24(15-20)34-3)28-32(27(31)38)17-30-11-9-29(10-12-30)16-19-6-7-21-22(13-19)37-18-36-21/h5-7,13-15H,1,8-12,16-18H2,2-4H3. The molecule has 1 saturated heterocycles. The average molecular weight is 540 g/mol. The second-order valence-corrected chi connectivity index (χ2v) is 9.51. The topological polar surface area (TPSA) is 75.4 Å². The molecular formula is C27H33N5O5S. The van der Waals surface area contributed by atoms with Gasteiger partial charge in [-0.1, -0.05) is 12.1 Å². The normalized spacial score (nSPS) is 15.4. The molecule has 202 valence electrons. The number of hydrogen-bond acceptors (Lipinski definition) is 9. The van der Waals surface area contributed by atoms with Gasteiger partial charge in [-0.2, -0.15) is 5.10 Å². The molecule has 0 bridgehead atoms. The quantitative estimate of drug-likeness (QED) is 0.283. The molecule has 0 atom stereocenters. The van der Waals surface area contributed by atoms with Gasteiger partial charge in [0.15, 0.2) is 33.6 Å². The molecule has 0 radical (unpaired) electrons. The molecule has 3 heterocycles. The fourth-order valence-corrected chi connectivity index (χ4v) is 5.09. The minimum atomic E-state index is 0.295. The molecule has 2 aromatic carbocycles. The fraction of sp³-hybridized carbons (Fsp3) is 0.407. The lowest BCUT2D eigenvalue weighted by Crippen LogP contribution is -2.46. The van der Waals surface area contributed by atoms with Crippen LogP contribution < -0.4 is 23.7 Å². The molecular weight excluding hydrogens is 506 g/mol. The van der Waals surface area contributed by atoms with Crippen LogP contribution in [0.5, 0.6) is 28.7 Å². The summed E-state index contributed by atoms with van der Waals surface area (Å²) in [7, 11) is 4.78. The molecule has 0 saturated carbocycles. The van der Waals surface area contributed by atoms with E-state index in [0.29, 0.717) is 42.0 Å². The van der Waals surface area contributed by atoms with Crippen LogP contribution in [0.3, 0.4) is 0 Å². The number of nitrogens with zero attached hydrogens (tertiary/aromatic N) is 5. The Balaban J connectivity index is 1.30. The maximum atomic E-state index is 5.84. The second kappa shape index (κ2) is 11.5. The molecule has 1 aromatic heterocycles. The van der Waals surface area contributed by atoms with Crippen molar-refractivity contribution in [3.05, 3.63) is 53.3 Å². The summed E-state index contributed by atoms with van der Waals surface area (Å²) in [6.07, 6.45) is 1.82. The molecule has 38 heavy (non-hydrogen) atoms. The highest BCUT2D eigenvalue weighted by Gasteiger charge is 2.22. The molecule has 0 unspecified atom stereocenters. The van der Waals surface area contributed by atoms with Crippen molar-refractivity contribution in [1.82, 2.24) is 24.1 Å². The van der Waals surface area contributed by atoms with E-state index in [0.717, 1.165) is 55.6 Å². The van der Waals surface area contributed by atoms with E-state index in [1.54, 1.807) is 21.3 Å². The average Bonchev–Trinajstić information content (AvgIpc) is 3.53. The van der Waals surface area contributed by atoms with Crippen molar-refractivity contribution in [2.45, 2.75) is 19.8 Å². The van der Waals surface area contributed by atoms with E-state index in [4.69, 9.17) is 41.0 Å². The van der Waals surface area contributed by atoms with Gasteiger partial charge in [-0.25, -0.2) is 4.68 Å². The molecule has 11 heteroatoms. The Labute approximate surface area is 227 Å². The first-order valence-electron chi connectivity index (χ1n) is 12.5.